The number of nitrogens with zero attached hydrogens (tertiary/aromatic N) is 4. The Morgan fingerprint density at radius 2 is 1.90 bits per heavy atom. The maximum Gasteiger partial charge on any atom is 0.243 e. The Kier molecular flexibility index (Phi) is 6.21. The number of aryl methyl sites for hydroxylation is 2. The van der Waals surface area contributed by atoms with Crippen molar-refractivity contribution in [1.29, 1.82) is 0 Å². The highest BCUT2D eigenvalue weighted by Gasteiger charge is 2.30. The topological polar surface area (TPSA) is 87.7 Å². The van der Waals surface area contributed by atoms with E-state index < -0.39 is 10.0 Å². The first-order chi connectivity index (χ1) is 14.4. The SMILES string of the molecule is Cc1ccc(C)c(S(=O)(=O)N2CCN(c3ccc(NCC4CCCO4)nn3)CC2)c1. The van der Waals surface area contributed by atoms with E-state index in [1.807, 2.05) is 38.1 Å². The Morgan fingerprint density at radius 3 is 2.57 bits per heavy atom. The van der Waals surface area contributed by atoms with Crippen LogP contribution in [0.4, 0.5) is 11.6 Å². The molecule has 1 atom stereocenters. The molecule has 0 bridgehead atoms. The molecule has 0 amide bonds. The van der Waals surface area contributed by atoms with Crippen molar-refractivity contribution in [2.75, 3.05) is 49.5 Å². The highest BCUT2D eigenvalue weighted by Crippen LogP contribution is 2.23. The Morgan fingerprint density at radius 1 is 1.10 bits per heavy atom. The Balaban J connectivity index is 1.35. The van der Waals surface area contributed by atoms with Gasteiger partial charge in [-0.25, -0.2) is 8.42 Å². The van der Waals surface area contributed by atoms with Crippen molar-refractivity contribution in [3.05, 3.63) is 41.5 Å². The molecule has 2 aliphatic heterocycles. The van der Waals surface area contributed by atoms with E-state index in [1.54, 1.807) is 10.4 Å². The van der Waals surface area contributed by atoms with Crippen LogP contribution in [-0.2, 0) is 14.8 Å². The van der Waals surface area contributed by atoms with E-state index in [9.17, 15) is 8.42 Å². The molecule has 2 aromatic rings. The number of piperazine rings is 1. The fourth-order valence-electron chi connectivity index (χ4n) is 3.89. The smallest absolute Gasteiger partial charge is 0.243 e. The number of rotatable bonds is 6. The average Bonchev–Trinajstić information content (AvgIpc) is 3.28. The summed E-state index contributed by atoms with van der Waals surface area (Å²) in [6, 6.07) is 9.40. The number of anilines is 2. The number of hydrogen-bond acceptors (Lipinski definition) is 7. The molecule has 30 heavy (non-hydrogen) atoms. The molecule has 162 valence electrons. The number of benzene rings is 1. The van der Waals surface area contributed by atoms with Gasteiger partial charge in [-0.15, -0.1) is 10.2 Å². The van der Waals surface area contributed by atoms with Gasteiger partial charge in [0.2, 0.25) is 10.0 Å². The summed E-state index contributed by atoms with van der Waals surface area (Å²) in [6.07, 6.45) is 2.44. The zero-order chi connectivity index (χ0) is 21.1. The van der Waals surface area contributed by atoms with Gasteiger partial charge >= 0.3 is 0 Å². The van der Waals surface area contributed by atoms with E-state index in [-0.39, 0.29) is 6.10 Å². The lowest BCUT2D eigenvalue weighted by Gasteiger charge is -2.34. The van der Waals surface area contributed by atoms with Crippen LogP contribution in [0.3, 0.4) is 0 Å². The van der Waals surface area contributed by atoms with Gasteiger partial charge in [-0.1, -0.05) is 12.1 Å². The molecule has 2 fully saturated rings. The lowest BCUT2D eigenvalue weighted by atomic mass is 10.2. The number of ether oxygens (including phenoxy) is 1. The summed E-state index contributed by atoms with van der Waals surface area (Å²) in [7, 11) is -3.49. The first-order valence-corrected chi connectivity index (χ1v) is 11.9. The van der Waals surface area contributed by atoms with Crippen LogP contribution in [0.15, 0.2) is 35.2 Å². The van der Waals surface area contributed by atoms with Crippen molar-refractivity contribution in [2.24, 2.45) is 0 Å². The second-order valence-electron chi connectivity index (χ2n) is 7.95. The molecule has 0 radical (unpaired) electrons. The Labute approximate surface area is 178 Å². The monoisotopic (exact) mass is 431 g/mol. The van der Waals surface area contributed by atoms with Gasteiger partial charge in [-0.05, 0) is 56.0 Å². The van der Waals surface area contributed by atoms with Crippen molar-refractivity contribution >= 4 is 21.7 Å². The summed E-state index contributed by atoms with van der Waals surface area (Å²) < 4.78 is 33.3. The van der Waals surface area contributed by atoms with E-state index >= 15 is 0 Å². The van der Waals surface area contributed by atoms with Crippen LogP contribution < -0.4 is 10.2 Å². The van der Waals surface area contributed by atoms with Crippen molar-refractivity contribution in [2.45, 2.75) is 37.7 Å². The number of aromatic nitrogens is 2. The van der Waals surface area contributed by atoms with E-state index in [2.05, 4.69) is 20.4 Å². The molecule has 4 rings (SSSR count). The second kappa shape index (κ2) is 8.87. The van der Waals surface area contributed by atoms with Crippen LogP contribution >= 0.6 is 0 Å². The van der Waals surface area contributed by atoms with Crippen LogP contribution in [0.2, 0.25) is 0 Å². The number of sulfonamides is 1. The predicted octanol–water partition coefficient (Wildman–Crippen LogP) is 2.20. The quantitative estimate of drug-likeness (QED) is 0.750. The molecule has 0 spiro atoms. The van der Waals surface area contributed by atoms with E-state index in [0.29, 0.717) is 31.1 Å². The molecular formula is C21H29N5O3S. The van der Waals surface area contributed by atoms with Crippen molar-refractivity contribution in [3.63, 3.8) is 0 Å². The van der Waals surface area contributed by atoms with Crippen molar-refractivity contribution in [3.8, 4) is 0 Å². The Bertz CT molecular complexity index is 967. The van der Waals surface area contributed by atoms with Crippen molar-refractivity contribution in [1.82, 2.24) is 14.5 Å². The molecule has 1 unspecified atom stereocenters. The lowest BCUT2D eigenvalue weighted by Crippen LogP contribution is -2.49. The van der Waals surface area contributed by atoms with Gasteiger partial charge in [-0.2, -0.15) is 4.31 Å². The van der Waals surface area contributed by atoms with Crippen LogP contribution in [0, 0.1) is 13.8 Å². The number of nitrogens with one attached hydrogen (secondary N) is 1. The first-order valence-electron chi connectivity index (χ1n) is 10.4. The Hall–Kier alpha value is -2.23. The molecule has 1 aromatic heterocycles. The zero-order valence-electron chi connectivity index (χ0n) is 17.5. The molecule has 3 heterocycles. The second-order valence-corrected chi connectivity index (χ2v) is 9.86. The van der Waals surface area contributed by atoms with Crippen LogP contribution in [0.25, 0.3) is 0 Å². The van der Waals surface area contributed by atoms with Gasteiger partial charge < -0.3 is 15.0 Å². The minimum Gasteiger partial charge on any atom is -0.376 e. The summed E-state index contributed by atoms with van der Waals surface area (Å²) >= 11 is 0. The fourth-order valence-corrected chi connectivity index (χ4v) is 5.63. The van der Waals surface area contributed by atoms with Crippen molar-refractivity contribution < 1.29 is 13.2 Å². The normalized spacial score (nSPS) is 20.5. The highest BCUT2D eigenvalue weighted by molar-refractivity contribution is 7.89. The van der Waals surface area contributed by atoms with Gasteiger partial charge in [0.1, 0.15) is 5.82 Å². The molecule has 0 saturated carbocycles. The molecule has 0 aliphatic carbocycles. The molecule has 2 saturated heterocycles. The minimum absolute atomic E-state index is 0.249. The van der Waals surface area contributed by atoms with E-state index in [1.165, 1.54) is 0 Å². The standard InChI is InChI=1S/C21H29N5O3S/c1-16-5-6-17(2)19(14-16)30(27,28)26-11-9-25(10-12-26)21-8-7-20(23-24-21)22-15-18-4-3-13-29-18/h5-8,14,18H,3-4,9-13,15H2,1-2H3,(H,22,23). The molecule has 2 aliphatic rings. The molecule has 9 heteroatoms. The first kappa shape index (κ1) is 21.0. The maximum absolute atomic E-state index is 13.1. The van der Waals surface area contributed by atoms with Gasteiger partial charge in [0.25, 0.3) is 0 Å². The number of hydrogen-bond donors (Lipinski definition) is 1. The molecular weight excluding hydrogens is 402 g/mol. The third kappa shape index (κ3) is 4.58. The predicted molar refractivity (Wildman–Crippen MR) is 116 cm³/mol. The minimum atomic E-state index is -3.49. The zero-order valence-corrected chi connectivity index (χ0v) is 18.4. The third-order valence-electron chi connectivity index (χ3n) is 5.71. The fraction of sp³-hybridized carbons (Fsp3) is 0.524. The lowest BCUT2D eigenvalue weighted by molar-refractivity contribution is 0.120. The van der Waals surface area contributed by atoms with Gasteiger partial charge in [0.15, 0.2) is 5.82 Å². The van der Waals surface area contributed by atoms with E-state index in [4.69, 9.17) is 4.74 Å². The largest absolute Gasteiger partial charge is 0.376 e. The molecule has 8 nitrogen and oxygen atoms in total. The summed E-state index contributed by atoms with van der Waals surface area (Å²) in [6.45, 7) is 7.35. The highest BCUT2D eigenvalue weighted by atomic mass is 32.2. The van der Waals surface area contributed by atoms with Crippen LogP contribution in [0.1, 0.15) is 24.0 Å². The van der Waals surface area contributed by atoms with Crippen LogP contribution in [0.5, 0.6) is 0 Å². The van der Waals surface area contributed by atoms with Gasteiger partial charge in [-0.3, -0.25) is 0 Å². The molecule has 1 aromatic carbocycles. The maximum atomic E-state index is 13.1. The summed E-state index contributed by atoms with van der Waals surface area (Å²) in [5.41, 5.74) is 1.72. The molecule has 1 N–H and O–H groups in total. The summed E-state index contributed by atoms with van der Waals surface area (Å²) in [4.78, 5) is 2.48. The summed E-state index contributed by atoms with van der Waals surface area (Å²) in [5, 5.41) is 11.9. The van der Waals surface area contributed by atoms with Gasteiger partial charge in [0.05, 0.1) is 11.0 Å². The van der Waals surface area contributed by atoms with Crippen LogP contribution in [-0.4, -0.2) is 68.4 Å². The third-order valence-corrected chi connectivity index (χ3v) is 7.75. The van der Waals surface area contributed by atoms with Gasteiger partial charge in [0, 0.05) is 39.3 Å². The summed E-state index contributed by atoms with van der Waals surface area (Å²) in [5.74, 6) is 1.49. The average molecular weight is 432 g/mol. The van der Waals surface area contributed by atoms with E-state index in [0.717, 1.165) is 48.8 Å².